The number of carbonyl (C=O) groups excluding carboxylic acids is 1. The number of phenolic OH excluding ortho intramolecular Hbond substituents is 1. The molecule has 0 bridgehead atoms. The average Bonchev–Trinajstić information content (AvgIpc) is 2.75. The second-order valence-corrected chi connectivity index (χ2v) is 5.95. The fourth-order valence-corrected chi connectivity index (χ4v) is 3.60. The number of nitrogen functional groups attached to an aromatic ring is 1. The summed E-state index contributed by atoms with van der Waals surface area (Å²) in [6, 6.07) is 8.41. The number of benzene rings is 1. The Labute approximate surface area is 125 Å². The third kappa shape index (κ3) is 2.15. The van der Waals surface area contributed by atoms with Gasteiger partial charge in [0.05, 0.1) is 11.3 Å². The van der Waals surface area contributed by atoms with E-state index >= 15 is 0 Å². The van der Waals surface area contributed by atoms with E-state index in [2.05, 4.69) is 4.98 Å². The first-order valence-electron chi connectivity index (χ1n) is 6.48. The first-order chi connectivity index (χ1) is 9.99. The minimum absolute atomic E-state index is 0.0415. The predicted molar refractivity (Wildman–Crippen MR) is 85.0 cm³/mol. The van der Waals surface area contributed by atoms with Crippen molar-refractivity contribution in [2.45, 2.75) is 13.8 Å². The third-order valence-electron chi connectivity index (χ3n) is 3.38. The number of hydrogen-bond donors (Lipinski definition) is 2. The van der Waals surface area contributed by atoms with Crippen LogP contribution in [0.3, 0.4) is 0 Å². The van der Waals surface area contributed by atoms with Crippen LogP contribution in [0.1, 0.15) is 26.5 Å². The lowest BCUT2D eigenvalue weighted by atomic mass is 10.1. The van der Waals surface area contributed by atoms with Crippen LogP contribution >= 0.6 is 11.3 Å². The predicted octanol–water partition coefficient (Wildman–Crippen LogP) is 3.43. The molecule has 3 aromatic rings. The minimum atomic E-state index is -0.273. The molecule has 106 valence electrons. The molecule has 2 aromatic heterocycles. The van der Waals surface area contributed by atoms with Gasteiger partial charge in [-0.3, -0.25) is 4.79 Å². The van der Waals surface area contributed by atoms with Crippen LogP contribution in [0, 0.1) is 13.8 Å². The number of para-hydroxylation sites is 1. The van der Waals surface area contributed by atoms with Crippen molar-refractivity contribution in [3.63, 3.8) is 0 Å². The number of aryl methyl sites for hydroxylation is 2. The molecule has 3 N–H and O–H groups in total. The number of aromatic hydroxyl groups is 1. The number of fused-ring (bicyclic) bond motifs is 1. The largest absolute Gasteiger partial charge is 0.507 e. The van der Waals surface area contributed by atoms with Gasteiger partial charge >= 0.3 is 0 Å². The van der Waals surface area contributed by atoms with Crippen LogP contribution in [-0.4, -0.2) is 15.9 Å². The molecule has 1 aromatic carbocycles. The normalized spacial score (nSPS) is 11.0. The molecule has 0 radical (unpaired) electrons. The zero-order valence-electron chi connectivity index (χ0n) is 11.7. The SMILES string of the molecule is Cc1cc(C)c2c(N)c(C(=O)c3ccccc3O)sc2n1. The van der Waals surface area contributed by atoms with Crippen LogP contribution in [0.25, 0.3) is 10.2 Å². The number of nitrogens with zero attached hydrogens (tertiary/aromatic N) is 1. The van der Waals surface area contributed by atoms with Gasteiger partial charge in [0, 0.05) is 11.1 Å². The van der Waals surface area contributed by atoms with Crippen molar-refractivity contribution in [2.24, 2.45) is 0 Å². The molecule has 4 nitrogen and oxygen atoms in total. The maximum Gasteiger partial charge on any atom is 0.208 e. The summed E-state index contributed by atoms with van der Waals surface area (Å²) in [4.78, 5) is 18.2. The van der Waals surface area contributed by atoms with Crippen LogP contribution in [0.15, 0.2) is 30.3 Å². The summed E-state index contributed by atoms with van der Waals surface area (Å²) in [5.74, 6) is -0.314. The first-order valence-corrected chi connectivity index (χ1v) is 7.29. The molecule has 0 saturated carbocycles. The molecule has 3 rings (SSSR count). The maximum absolute atomic E-state index is 12.6. The van der Waals surface area contributed by atoms with E-state index in [-0.39, 0.29) is 17.1 Å². The molecule has 0 atom stereocenters. The number of carbonyl (C=O) groups is 1. The molecule has 0 fully saturated rings. The van der Waals surface area contributed by atoms with Gasteiger partial charge in [0.1, 0.15) is 15.5 Å². The number of phenols is 1. The van der Waals surface area contributed by atoms with Gasteiger partial charge in [0.15, 0.2) is 0 Å². The van der Waals surface area contributed by atoms with Gasteiger partial charge in [-0.15, -0.1) is 11.3 Å². The van der Waals surface area contributed by atoms with Gasteiger partial charge in [-0.25, -0.2) is 4.98 Å². The van der Waals surface area contributed by atoms with E-state index < -0.39 is 0 Å². The minimum Gasteiger partial charge on any atom is -0.507 e. The van der Waals surface area contributed by atoms with Crippen molar-refractivity contribution in [1.29, 1.82) is 0 Å². The van der Waals surface area contributed by atoms with Crippen molar-refractivity contribution in [1.82, 2.24) is 4.98 Å². The molecule has 0 amide bonds. The molecule has 21 heavy (non-hydrogen) atoms. The Morgan fingerprint density at radius 2 is 2.00 bits per heavy atom. The number of nitrogens with two attached hydrogens (primary N) is 1. The smallest absolute Gasteiger partial charge is 0.208 e. The lowest BCUT2D eigenvalue weighted by Crippen LogP contribution is -2.02. The van der Waals surface area contributed by atoms with Crippen LogP contribution in [0.2, 0.25) is 0 Å². The van der Waals surface area contributed by atoms with Crippen LogP contribution in [-0.2, 0) is 0 Å². The molecule has 0 saturated heterocycles. The Kier molecular flexibility index (Phi) is 3.14. The third-order valence-corrected chi connectivity index (χ3v) is 4.48. The van der Waals surface area contributed by atoms with Gasteiger partial charge in [-0.1, -0.05) is 12.1 Å². The van der Waals surface area contributed by atoms with Crippen molar-refractivity contribution < 1.29 is 9.90 Å². The van der Waals surface area contributed by atoms with E-state index in [0.717, 1.165) is 21.5 Å². The van der Waals surface area contributed by atoms with Crippen molar-refractivity contribution in [3.8, 4) is 5.75 Å². The maximum atomic E-state index is 12.6. The molecule has 2 heterocycles. The molecule has 0 spiro atoms. The summed E-state index contributed by atoms with van der Waals surface area (Å²) in [6.45, 7) is 3.86. The van der Waals surface area contributed by atoms with E-state index in [9.17, 15) is 9.90 Å². The molecular formula is C16H14N2O2S. The second kappa shape index (κ2) is 4.86. The number of hydrogen-bond acceptors (Lipinski definition) is 5. The zero-order chi connectivity index (χ0) is 15.1. The van der Waals surface area contributed by atoms with Gasteiger partial charge in [0.25, 0.3) is 0 Å². The average molecular weight is 298 g/mol. The van der Waals surface area contributed by atoms with Crippen LogP contribution in [0.5, 0.6) is 5.75 Å². The molecule has 0 unspecified atom stereocenters. The number of rotatable bonds is 2. The number of pyridine rings is 1. The second-order valence-electron chi connectivity index (χ2n) is 4.95. The first kappa shape index (κ1) is 13.6. The fraction of sp³-hybridized carbons (Fsp3) is 0.125. The standard InChI is InChI=1S/C16H14N2O2S/c1-8-7-9(2)18-16-12(8)13(17)15(21-16)14(20)10-5-3-4-6-11(10)19/h3-7,19H,17H2,1-2H3. The van der Waals surface area contributed by atoms with E-state index in [1.54, 1.807) is 18.2 Å². The van der Waals surface area contributed by atoms with E-state index in [4.69, 9.17) is 5.73 Å². The quantitative estimate of drug-likeness (QED) is 0.711. The van der Waals surface area contributed by atoms with Crippen LogP contribution in [0.4, 0.5) is 5.69 Å². The summed E-state index contributed by atoms with van der Waals surface area (Å²) in [5.41, 5.74) is 8.73. The number of anilines is 1. The Bertz CT molecular complexity index is 868. The van der Waals surface area contributed by atoms with Crippen molar-refractivity contribution in [2.75, 3.05) is 5.73 Å². The lowest BCUT2D eigenvalue weighted by Gasteiger charge is -2.03. The summed E-state index contributed by atoms with van der Waals surface area (Å²) in [7, 11) is 0. The highest BCUT2D eigenvalue weighted by Crippen LogP contribution is 2.37. The molecule has 0 aliphatic heterocycles. The Hall–Kier alpha value is -2.40. The zero-order valence-corrected chi connectivity index (χ0v) is 12.5. The van der Waals surface area contributed by atoms with E-state index in [1.807, 2.05) is 19.9 Å². The van der Waals surface area contributed by atoms with Gasteiger partial charge in [-0.05, 0) is 37.6 Å². The summed E-state index contributed by atoms with van der Waals surface area (Å²) < 4.78 is 0. The number of ketones is 1. The van der Waals surface area contributed by atoms with E-state index in [1.165, 1.54) is 17.4 Å². The fourth-order valence-electron chi connectivity index (χ4n) is 2.43. The Morgan fingerprint density at radius 3 is 2.71 bits per heavy atom. The summed E-state index contributed by atoms with van der Waals surface area (Å²) in [5, 5.41) is 10.7. The van der Waals surface area contributed by atoms with E-state index in [0.29, 0.717) is 10.6 Å². The van der Waals surface area contributed by atoms with Crippen molar-refractivity contribution >= 4 is 33.0 Å². The highest BCUT2D eigenvalue weighted by Gasteiger charge is 2.21. The summed E-state index contributed by atoms with van der Waals surface area (Å²) >= 11 is 1.27. The monoisotopic (exact) mass is 298 g/mol. The Balaban J connectivity index is 2.22. The number of aromatic nitrogens is 1. The highest BCUT2D eigenvalue weighted by atomic mass is 32.1. The lowest BCUT2D eigenvalue weighted by molar-refractivity contribution is 0.104. The summed E-state index contributed by atoms with van der Waals surface area (Å²) in [6.07, 6.45) is 0. The molecular weight excluding hydrogens is 284 g/mol. The molecule has 0 aliphatic carbocycles. The van der Waals surface area contributed by atoms with Crippen LogP contribution < -0.4 is 5.73 Å². The van der Waals surface area contributed by atoms with Gasteiger partial charge < -0.3 is 10.8 Å². The van der Waals surface area contributed by atoms with Gasteiger partial charge in [0.2, 0.25) is 5.78 Å². The van der Waals surface area contributed by atoms with Gasteiger partial charge in [-0.2, -0.15) is 0 Å². The Morgan fingerprint density at radius 1 is 1.29 bits per heavy atom. The topological polar surface area (TPSA) is 76.2 Å². The highest BCUT2D eigenvalue weighted by molar-refractivity contribution is 7.21. The number of thiophene rings is 1. The molecule has 0 aliphatic rings. The van der Waals surface area contributed by atoms with Crippen molar-refractivity contribution in [3.05, 3.63) is 52.0 Å². The molecule has 5 heteroatoms.